The zero-order valence-corrected chi connectivity index (χ0v) is 12.9. The topological polar surface area (TPSA) is 55.8 Å². The van der Waals surface area contributed by atoms with Gasteiger partial charge in [0.25, 0.3) is 0 Å². The van der Waals surface area contributed by atoms with Crippen molar-refractivity contribution in [1.82, 2.24) is 0 Å². The summed E-state index contributed by atoms with van der Waals surface area (Å²) in [6.07, 6.45) is 2.36. The van der Waals surface area contributed by atoms with Crippen molar-refractivity contribution >= 4 is 28.4 Å². The molecule has 112 valence electrons. The standard InChI is InChI=1S/C16H18O4S/c1-19-11-3-4-15(20-2)14(9-11)13-7-10(18)8-16(21)12(13)5-6-17/h3-4,7,9,12,17H,5-6,8H2,1-2H3. The molecule has 1 aromatic rings. The Morgan fingerprint density at radius 2 is 2.10 bits per heavy atom. The number of ether oxygens (including phenoxy) is 2. The van der Waals surface area contributed by atoms with Crippen LogP contribution in [-0.4, -0.2) is 36.6 Å². The molecule has 4 nitrogen and oxygen atoms in total. The minimum absolute atomic E-state index is 0.0165. The molecule has 0 fully saturated rings. The Hall–Kier alpha value is -1.72. The number of thiocarbonyl (C=S) groups is 1. The molecule has 1 aromatic carbocycles. The van der Waals surface area contributed by atoms with E-state index in [1.54, 1.807) is 32.4 Å². The molecule has 21 heavy (non-hydrogen) atoms. The van der Waals surface area contributed by atoms with E-state index < -0.39 is 0 Å². The van der Waals surface area contributed by atoms with E-state index in [4.69, 9.17) is 21.7 Å². The number of benzene rings is 1. The minimum Gasteiger partial charge on any atom is -0.497 e. The molecule has 1 atom stereocenters. The van der Waals surface area contributed by atoms with Crippen LogP contribution in [0.25, 0.3) is 5.57 Å². The minimum atomic E-state index is -0.122. The van der Waals surface area contributed by atoms with E-state index in [0.29, 0.717) is 22.8 Å². The summed E-state index contributed by atoms with van der Waals surface area (Å²) in [5.41, 5.74) is 1.58. The van der Waals surface area contributed by atoms with Gasteiger partial charge in [0.2, 0.25) is 0 Å². The van der Waals surface area contributed by atoms with Crippen molar-refractivity contribution in [3.8, 4) is 11.5 Å². The maximum Gasteiger partial charge on any atom is 0.160 e. The molecule has 1 aliphatic rings. The lowest BCUT2D eigenvalue weighted by molar-refractivity contribution is -0.113. The number of allylic oxidation sites excluding steroid dienone is 2. The Kier molecular flexibility index (Phi) is 5.09. The quantitative estimate of drug-likeness (QED) is 0.847. The molecule has 1 aliphatic carbocycles. The highest BCUT2D eigenvalue weighted by Gasteiger charge is 2.28. The van der Waals surface area contributed by atoms with Crippen molar-refractivity contribution in [1.29, 1.82) is 0 Å². The number of aliphatic hydroxyl groups is 1. The fourth-order valence-electron chi connectivity index (χ4n) is 2.54. The van der Waals surface area contributed by atoms with Crippen molar-refractivity contribution in [3.05, 3.63) is 29.8 Å². The summed E-state index contributed by atoms with van der Waals surface area (Å²) in [5.74, 6) is 1.19. The molecule has 5 heteroatoms. The number of hydrogen-bond donors (Lipinski definition) is 1. The third-order valence-corrected chi connectivity index (χ3v) is 3.99. The summed E-state index contributed by atoms with van der Waals surface area (Å²) < 4.78 is 10.6. The van der Waals surface area contributed by atoms with E-state index in [2.05, 4.69) is 0 Å². The summed E-state index contributed by atoms with van der Waals surface area (Å²) in [6, 6.07) is 5.43. The Morgan fingerprint density at radius 1 is 1.33 bits per heavy atom. The number of methoxy groups -OCH3 is 2. The lowest BCUT2D eigenvalue weighted by Gasteiger charge is -2.26. The number of hydrogen-bond acceptors (Lipinski definition) is 5. The third kappa shape index (κ3) is 3.31. The maximum absolute atomic E-state index is 11.9. The number of ketones is 1. The smallest absolute Gasteiger partial charge is 0.160 e. The van der Waals surface area contributed by atoms with Crippen LogP contribution in [0.15, 0.2) is 24.3 Å². The summed E-state index contributed by atoms with van der Waals surface area (Å²) in [4.78, 5) is 12.5. The monoisotopic (exact) mass is 306 g/mol. The van der Waals surface area contributed by atoms with Crippen molar-refractivity contribution in [2.24, 2.45) is 5.92 Å². The second-order valence-corrected chi connectivity index (χ2v) is 5.36. The Balaban J connectivity index is 2.55. The van der Waals surface area contributed by atoms with Crippen LogP contribution in [0.4, 0.5) is 0 Å². The average molecular weight is 306 g/mol. The predicted molar refractivity (Wildman–Crippen MR) is 84.9 cm³/mol. The van der Waals surface area contributed by atoms with Gasteiger partial charge in [0, 0.05) is 29.4 Å². The van der Waals surface area contributed by atoms with E-state index in [-0.39, 0.29) is 24.7 Å². The average Bonchev–Trinajstić information content (AvgIpc) is 2.49. The highest BCUT2D eigenvalue weighted by molar-refractivity contribution is 7.80. The van der Waals surface area contributed by atoms with Crippen LogP contribution < -0.4 is 9.47 Å². The molecule has 0 bridgehead atoms. The van der Waals surface area contributed by atoms with Crippen LogP contribution in [0.2, 0.25) is 0 Å². The summed E-state index contributed by atoms with van der Waals surface area (Å²) in [7, 11) is 3.16. The lowest BCUT2D eigenvalue weighted by atomic mass is 9.81. The fourth-order valence-corrected chi connectivity index (χ4v) is 2.93. The van der Waals surface area contributed by atoms with Crippen LogP contribution in [0, 0.1) is 5.92 Å². The van der Waals surface area contributed by atoms with Crippen LogP contribution in [0.5, 0.6) is 11.5 Å². The van der Waals surface area contributed by atoms with E-state index in [9.17, 15) is 9.90 Å². The number of aliphatic hydroxyl groups excluding tert-OH is 1. The first-order valence-electron chi connectivity index (χ1n) is 6.71. The van der Waals surface area contributed by atoms with E-state index >= 15 is 0 Å². The van der Waals surface area contributed by atoms with Gasteiger partial charge in [-0.1, -0.05) is 12.2 Å². The highest BCUT2D eigenvalue weighted by atomic mass is 32.1. The predicted octanol–water partition coefficient (Wildman–Crippen LogP) is 2.43. The summed E-state index contributed by atoms with van der Waals surface area (Å²) in [5, 5.41) is 9.27. The second kappa shape index (κ2) is 6.83. The lowest BCUT2D eigenvalue weighted by Crippen LogP contribution is -2.24. The first-order valence-corrected chi connectivity index (χ1v) is 7.12. The van der Waals surface area contributed by atoms with Gasteiger partial charge in [0.1, 0.15) is 11.5 Å². The van der Waals surface area contributed by atoms with Crippen molar-refractivity contribution in [2.45, 2.75) is 12.8 Å². The van der Waals surface area contributed by atoms with Gasteiger partial charge in [-0.15, -0.1) is 0 Å². The molecule has 1 unspecified atom stereocenters. The van der Waals surface area contributed by atoms with E-state index in [1.807, 2.05) is 6.07 Å². The molecule has 0 aromatic heterocycles. The molecular weight excluding hydrogens is 288 g/mol. The van der Waals surface area contributed by atoms with Gasteiger partial charge in [0.05, 0.1) is 14.2 Å². The molecule has 0 amide bonds. The largest absolute Gasteiger partial charge is 0.497 e. The third-order valence-electron chi connectivity index (χ3n) is 3.56. The van der Waals surface area contributed by atoms with E-state index in [0.717, 1.165) is 11.1 Å². The molecule has 0 radical (unpaired) electrons. The molecule has 0 heterocycles. The van der Waals surface area contributed by atoms with Crippen molar-refractivity contribution < 1.29 is 19.4 Å². The number of rotatable bonds is 5. The summed E-state index contributed by atoms with van der Waals surface area (Å²) >= 11 is 5.34. The zero-order chi connectivity index (χ0) is 15.4. The molecule has 2 rings (SSSR count). The molecule has 0 aliphatic heterocycles. The Labute approximate surface area is 129 Å². The van der Waals surface area contributed by atoms with Gasteiger partial charge in [-0.25, -0.2) is 0 Å². The summed E-state index contributed by atoms with van der Waals surface area (Å²) in [6.45, 7) is 0.0165. The SMILES string of the molecule is COc1ccc(OC)c(C2=CC(=O)CC(=S)C2CCO)c1. The van der Waals surface area contributed by atoms with Crippen molar-refractivity contribution in [3.63, 3.8) is 0 Å². The van der Waals surface area contributed by atoms with Gasteiger partial charge in [-0.3, -0.25) is 4.79 Å². The fraction of sp³-hybridized carbons (Fsp3) is 0.375. The molecule has 0 spiro atoms. The first kappa shape index (κ1) is 15.7. The van der Waals surface area contributed by atoms with Crippen molar-refractivity contribution in [2.75, 3.05) is 20.8 Å². The van der Waals surface area contributed by atoms with Crippen LogP contribution in [-0.2, 0) is 4.79 Å². The number of carbonyl (C=O) groups is 1. The van der Waals surface area contributed by atoms with Gasteiger partial charge in [0.15, 0.2) is 5.78 Å². The normalized spacial score (nSPS) is 18.4. The molecular formula is C16H18O4S. The van der Waals surface area contributed by atoms with Gasteiger partial charge in [-0.05, 0) is 36.3 Å². The number of carbonyl (C=O) groups excluding carboxylic acids is 1. The van der Waals surface area contributed by atoms with Gasteiger partial charge in [-0.2, -0.15) is 0 Å². The highest BCUT2D eigenvalue weighted by Crippen LogP contribution is 2.38. The second-order valence-electron chi connectivity index (χ2n) is 4.84. The Morgan fingerprint density at radius 3 is 2.71 bits per heavy atom. The van der Waals surface area contributed by atoms with Gasteiger partial charge < -0.3 is 14.6 Å². The van der Waals surface area contributed by atoms with Crippen LogP contribution in [0.3, 0.4) is 0 Å². The van der Waals surface area contributed by atoms with Gasteiger partial charge >= 0.3 is 0 Å². The van der Waals surface area contributed by atoms with Crippen LogP contribution in [0.1, 0.15) is 18.4 Å². The molecule has 1 N–H and O–H groups in total. The van der Waals surface area contributed by atoms with E-state index in [1.165, 1.54) is 0 Å². The first-order chi connectivity index (χ1) is 10.1. The Bertz CT molecular complexity index is 592. The molecule has 0 saturated carbocycles. The molecule has 0 saturated heterocycles. The maximum atomic E-state index is 11.9. The zero-order valence-electron chi connectivity index (χ0n) is 12.1. The van der Waals surface area contributed by atoms with Crippen LogP contribution >= 0.6 is 12.2 Å².